The summed E-state index contributed by atoms with van der Waals surface area (Å²) in [6.45, 7) is 5.36. The fourth-order valence-corrected chi connectivity index (χ4v) is 3.00. The molecule has 3 rings (SSSR count). The highest BCUT2D eigenvalue weighted by atomic mass is 16.5. The number of aryl methyl sites for hydroxylation is 1. The molecule has 1 aliphatic heterocycles. The van der Waals surface area contributed by atoms with Crippen molar-refractivity contribution in [1.29, 1.82) is 0 Å². The molecule has 122 valence electrons. The van der Waals surface area contributed by atoms with Gasteiger partial charge in [0.05, 0.1) is 19.8 Å². The predicted octanol–water partition coefficient (Wildman–Crippen LogP) is 2.68. The summed E-state index contributed by atoms with van der Waals surface area (Å²) in [6, 6.07) is 10.2. The number of rotatable bonds is 4. The molecule has 23 heavy (non-hydrogen) atoms. The summed E-state index contributed by atoms with van der Waals surface area (Å²) in [6.07, 6.45) is 1.97. The summed E-state index contributed by atoms with van der Waals surface area (Å²) in [5.74, 6) is -0.337. The van der Waals surface area contributed by atoms with Crippen molar-refractivity contribution < 1.29 is 14.3 Å². The normalized spacial score (nSPS) is 18.8. The fourth-order valence-electron chi connectivity index (χ4n) is 3.00. The number of morpholine rings is 1. The summed E-state index contributed by atoms with van der Waals surface area (Å²) < 4.78 is 10.7. The van der Waals surface area contributed by atoms with E-state index >= 15 is 0 Å². The van der Waals surface area contributed by atoms with Crippen molar-refractivity contribution in [2.45, 2.75) is 19.6 Å². The number of benzene rings is 1. The third kappa shape index (κ3) is 3.63. The van der Waals surface area contributed by atoms with Crippen LogP contribution in [0.2, 0.25) is 0 Å². The van der Waals surface area contributed by atoms with E-state index in [1.807, 2.05) is 18.3 Å². The van der Waals surface area contributed by atoms with Gasteiger partial charge in [0.25, 0.3) is 0 Å². The first-order valence-electron chi connectivity index (χ1n) is 7.82. The number of H-pyrrole nitrogens is 1. The third-order valence-corrected chi connectivity index (χ3v) is 4.24. The molecule has 1 N–H and O–H groups in total. The van der Waals surface area contributed by atoms with Crippen molar-refractivity contribution in [3.63, 3.8) is 0 Å². The van der Waals surface area contributed by atoms with Crippen LogP contribution in [0.1, 0.15) is 33.3 Å². The molecule has 0 radical (unpaired) electrons. The van der Waals surface area contributed by atoms with Gasteiger partial charge in [0.15, 0.2) is 0 Å². The maximum Gasteiger partial charge on any atom is 0.354 e. The van der Waals surface area contributed by atoms with Crippen molar-refractivity contribution in [3.05, 3.63) is 58.9 Å². The Labute approximate surface area is 136 Å². The van der Waals surface area contributed by atoms with Gasteiger partial charge in [0.2, 0.25) is 0 Å². The van der Waals surface area contributed by atoms with Crippen LogP contribution < -0.4 is 0 Å². The minimum absolute atomic E-state index is 0.101. The quantitative estimate of drug-likeness (QED) is 0.882. The van der Waals surface area contributed by atoms with Gasteiger partial charge >= 0.3 is 5.97 Å². The monoisotopic (exact) mass is 314 g/mol. The first kappa shape index (κ1) is 15.8. The molecule has 1 fully saturated rings. The van der Waals surface area contributed by atoms with Gasteiger partial charge in [0.1, 0.15) is 5.69 Å². The minimum atomic E-state index is -0.337. The number of aromatic amines is 1. The SMILES string of the molecule is COC(=O)c1cc(CN2CCO[C@H](c3ccccc3C)C2)c[nH]1. The number of carbonyl (C=O) groups is 1. The topological polar surface area (TPSA) is 54.6 Å². The van der Waals surface area contributed by atoms with E-state index in [-0.39, 0.29) is 12.1 Å². The molecule has 1 aromatic carbocycles. The maximum absolute atomic E-state index is 11.5. The lowest BCUT2D eigenvalue weighted by Gasteiger charge is -2.33. The highest BCUT2D eigenvalue weighted by Gasteiger charge is 2.23. The molecule has 1 saturated heterocycles. The van der Waals surface area contributed by atoms with Crippen LogP contribution in [0.3, 0.4) is 0 Å². The van der Waals surface area contributed by atoms with Gasteiger partial charge in [-0.25, -0.2) is 4.79 Å². The van der Waals surface area contributed by atoms with Crippen LogP contribution in [0.25, 0.3) is 0 Å². The Hall–Kier alpha value is -2.11. The van der Waals surface area contributed by atoms with E-state index in [1.165, 1.54) is 18.2 Å². The predicted molar refractivity (Wildman–Crippen MR) is 87.3 cm³/mol. The molecule has 1 aliphatic rings. The van der Waals surface area contributed by atoms with E-state index in [0.29, 0.717) is 12.3 Å². The second-order valence-electron chi connectivity index (χ2n) is 5.86. The molecule has 0 unspecified atom stereocenters. The molecule has 0 spiro atoms. The lowest BCUT2D eigenvalue weighted by Crippen LogP contribution is -2.37. The van der Waals surface area contributed by atoms with Crippen LogP contribution in [0.4, 0.5) is 0 Å². The number of aromatic nitrogens is 1. The Balaban J connectivity index is 1.66. The molecule has 0 amide bonds. The number of carbonyl (C=O) groups excluding carboxylic acids is 1. The molecule has 2 aromatic rings. The number of hydrogen-bond donors (Lipinski definition) is 1. The summed E-state index contributed by atoms with van der Waals surface area (Å²) >= 11 is 0. The zero-order valence-corrected chi connectivity index (χ0v) is 13.5. The van der Waals surface area contributed by atoms with Gasteiger partial charge in [-0.1, -0.05) is 24.3 Å². The average Bonchev–Trinajstić information content (AvgIpc) is 3.03. The maximum atomic E-state index is 11.5. The Bertz CT molecular complexity index is 680. The van der Waals surface area contributed by atoms with Crippen LogP contribution in [0, 0.1) is 6.92 Å². The highest BCUT2D eigenvalue weighted by Crippen LogP contribution is 2.25. The molecule has 1 aromatic heterocycles. The van der Waals surface area contributed by atoms with Gasteiger partial charge in [-0.15, -0.1) is 0 Å². The van der Waals surface area contributed by atoms with Crippen LogP contribution in [-0.2, 0) is 16.0 Å². The summed E-state index contributed by atoms with van der Waals surface area (Å²) in [5, 5.41) is 0. The van der Waals surface area contributed by atoms with Crippen molar-refractivity contribution in [2.75, 3.05) is 26.8 Å². The molecule has 0 saturated carbocycles. The number of esters is 1. The van der Waals surface area contributed by atoms with Crippen molar-refractivity contribution in [3.8, 4) is 0 Å². The first-order valence-corrected chi connectivity index (χ1v) is 7.82. The lowest BCUT2D eigenvalue weighted by molar-refractivity contribution is -0.0332. The molecule has 5 heteroatoms. The van der Waals surface area contributed by atoms with Crippen molar-refractivity contribution >= 4 is 5.97 Å². The van der Waals surface area contributed by atoms with Gasteiger partial charge in [-0.2, -0.15) is 0 Å². The largest absolute Gasteiger partial charge is 0.464 e. The Morgan fingerprint density at radius 2 is 2.26 bits per heavy atom. The zero-order valence-electron chi connectivity index (χ0n) is 13.5. The smallest absolute Gasteiger partial charge is 0.354 e. The Morgan fingerprint density at radius 3 is 3.04 bits per heavy atom. The van der Waals surface area contributed by atoms with E-state index in [1.54, 1.807) is 0 Å². The summed E-state index contributed by atoms with van der Waals surface area (Å²) in [5.41, 5.74) is 4.08. The molecule has 2 heterocycles. The number of methoxy groups -OCH3 is 1. The van der Waals surface area contributed by atoms with E-state index in [2.05, 4.69) is 35.0 Å². The molecule has 0 bridgehead atoms. The lowest BCUT2D eigenvalue weighted by atomic mass is 10.0. The molecule has 0 aliphatic carbocycles. The second-order valence-corrected chi connectivity index (χ2v) is 5.86. The van der Waals surface area contributed by atoms with Crippen LogP contribution in [-0.4, -0.2) is 42.7 Å². The highest BCUT2D eigenvalue weighted by molar-refractivity contribution is 5.87. The van der Waals surface area contributed by atoms with Crippen LogP contribution >= 0.6 is 0 Å². The minimum Gasteiger partial charge on any atom is -0.464 e. The van der Waals surface area contributed by atoms with Gasteiger partial charge in [0, 0.05) is 25.8 Å². The molecule has 5 nitrogen and oxygen atoms in total. The zero-order chi connectivity index (χ0) is 16.2. The van der Waals surface area contributed by atoms with E-state index in [0.717, 1.165) is 25.2 Å². The van der Waals surface area contributed by atoms with E-state index < -0.39 is 0 Å². The van der Waals surface area contributed by atoms with Crippen molar-refractivity contribution in [1.82, 2.24) is 9.88 Å². The first-order chi connectivity index (χ1) is 11.2. The summed E-state index contributed by atoms with van der Waals surface area (Å²) in [7, 11) is 1.39. The van der Waals surface area contributed by atoms with Crippen LogP contribution in [0.5, 0.6) is 0 Å². The van der Waals surface area contributed by atoms with Crippen molar-refractivity contribution in [2.24, 2.45) is 0 Å². The molecular formula is C18H22N2O3. The Kier molecular flexibility index (Phi) is 4.79. The van der Waals surface area contributed by atoms with Gasteiger partial charge < -0.3 is 14.5 Å². The number of nitrogens with zero attached hydrogens (tertiary/aromatic N) is 1. The average molecular weight is 314 g/mol. The number of ether oxygens (including phenoxy) is 2. The van der Waals surface area contributed by atoms with Gasteiger partial charge in [-0.3, -0.25) is 4.90 Å². The standard InChI is InChI=1S/C18H22N2O3/c1-13-5-3-4-6-15(13)17-12-20(7-8-23-17)11-14-9-16(19-10-14)18(21)22-2/h3-6,9-10,17,19H,7-8,11-12H2,1-2H3/t17-/m0/s1. The number of nitrogens with one attached hydrogen (secondary N) is 1. The number of hydrogen-bond acceptors (Lipinski definition) is 4. The summed E-state index contributed by atoms with van der Waals surface area (Å²) in [4.78, 5) is 16.8. The van der Waals surface area contributed by atoms with Gasteiger partial charge in [-0.05, 0) is 29.7 Å². The van der Waals surface area contributed by atoms with E-state index in [4.69, 9.17) is 9.47 Å². The molecule has 1 atom stereocenters. The second kappa shape index (κ2) is 6.98. The molecular weight excluding hydrogens is 292 g/mol. The Morgan fingerprint density at radius 1 is 1.43 bits per heavy atom. The fraction of sp³-hybridized carbons (Fsp3) is 0.389. The van der Waals surface area contributed by atoms with E-state index in [9.17, 15) is 4.79 Å². The van der Waals surface area contributed by atoms with Crippen LogP contribution in [0.15, 0.2) is 36.5 Å². The third-order valence-electron chi connectivity index (χ3n) is 4.24.